The Bertz CT molecular complexity index is 1450. The van der Waals surface area contributed by atoms with E-state index >= 15 is 0 Å². The van der Waals surface area contributed by atoms with E-state index in [-0.39, 0.29) is 34.0 Å². The van der Waals surface area contributed by atoms with Crippen molar-refractivity contribution in [3.05, 3.63) is 76.3 Å². The molecule has 3 aromatic heterocycles. The summed E-state index contributed by atoms with van der Waals surface area (Å²) in [6.45, 7) is 2.96. The summed E-state index contributed by atoms with van der Waals surface area (Å²) in [6.07, 6.45) is 3.13. The van der Waals surface area contributed by atoms with Gasteiger partial charge in [-0.15, -0.1) is 0 Å². The highest BCUT2D eigenvalue weighted by Gasteiger charge is 2.21. The molecule has 1 aliphatic rings. The number of rotatable bonds is 5. The molecule has 0 spiro atoms. The maximum atomic E-state index is 14.6. The van der Waals surface area contributed by atoms with Crippen LogP contribution in [0.5, 0.6) is 0 Å². The van der Waals surface area contributed by atoms with Gasteiger partial charge in [0, 0.05) is 24.8 Å². The maximum absolute atomic E-state index is 14.6. The molecule has 4 aromatic rings. The summed E-state index contributed by atoms with van der Waals surface area (Å²) in [5.74, 6) is -1.19. The van der Waals surface area contributed by atoms with Gasteiger partial charge in [-0.05, 0) is 50.1 Å². The van der Waals surface area contributed by atoms with Crippen molar-refractivity contribution < 1.29 is 19.0 Å². The zero-order valence-corrected chi connectivity index (χ0v) is 19.5. The van der Waals surface area contributed by atoms with Crippen LogP contribution in [-0.4, -0.2) is 44.4 Å². The first-order chi connectivity index (χ1) is 17.3. The van der Waals surface area contributed by atoms with Crippen LogP contribution in [0.4, 0.5) is 26.0 Å². The smallest absolute Gasteiger partial charge is 0.259 e. The number of fused-ring (bicyclic) bond motifs is 1. The molecule has 1 saturated heterocycles. The number of nitrogens with one attached hydrogen (secondary N) is 2. The highest BCUT2D eigenvalue weighted by molar-refractivity contribution is 5.96. The molecule has 1 aliphatic heterocycles. The van der Waals surface area contributed by atoms with Gasteiger partial charge in [0.2, 0.25) is 0 Å². The summed E-state index contributed by atoms with van der Waals surface area (Å²) >= 11 is 0. The maximum Gasteiger partial charge on any atom is 0.259 e. The van der Waals surface area contributed by atoms with Crippen LogP contribution in [0.1, 0.15) is 31.4 Å². The quantitative estimate of drug-likeness (QED) is 0.332. The van der Waals surface area contributed by atoms with Gasteiger partial charge in [0.1, 0.15) is 17.5 Å². The zero-order valence-electron chi connectivity index (χ0n) is 19.5. The summed E-state index contributed by atoms with van der Waals surface area (Å²) in [7, 11) is 0. The topological polar surface area (TPSA) is 114 Å². The number of anilines is 3. The minimum absolute atomic E-state index is 0.0309. The number of benzene rings is 1. The first kappa shape index (κ1) is 23.8. The van der Waals surface area contributed by atoms with Crippen molar-refractivity contribution in [2.75, 3.05) is 23.3 Å². The lowest BCUT2D eigenvalue weighted by atomic mass is 10.0. The summed E-state index contributed by atoms with van der Waals surface area (Å²) in [6, 6.07) is 8.53. The number of aliphatic hydroxyl groups is 2. The van der Waals surface area contributed by atoms with Gasteiger partial charge in [-0.2, -0.15) is 0 Å². The normalized spacial score (nSPS) is 15.3. The second kappa shape index (κ2) is 9.63. The third kappa shape index (κ3) is 4.52. The number of halogens is 2. The molecule has 1 aromatic carbocycles. The van der Waals surface area contributed by atoms with Gasteiger partial charge < -0.3 is 25.4 Å². The largest absolute Gasteiger partial charge is 0.393 e. The Labute approximate surface area is 205 Å². The predicted octanol–water partition coefficient (Wildman–Crippen LogP) is 4.02. The van der Waals surface area contributed by atoms with Crippen LogP contribution in [0, 0.1) is 11.6 Å². The van der Waals surface area contributed by atoms with Crippen LogP contribution in [0.15, 0.2) is 53.6 Å². The second-order valence-electron chi connectivity index (χ2n) is 8.87. The Morgan fingerprint density at radius 1 is 1.17 bits per heavy atom. The highest BCUT2D eigenvalue weighted by atomic mass is 19.1. The minimum atomic E-state index is -0.995. The van der Waals surface area contributed by atoms with Gasteiger partial charge in [0.15, 0.2) is 0 Å². The Morgan fingerprint density at radius 2 is 1.89 bits per heavy atom. The van der Waals surface area contributed by atoms with Crippen LogP contribution < -0.4 is 15.8 Å². The van der Waals surface area contributed by atoms with E-state index in [1.165, 1.54) is 25.3 Å². The lowest BCUT2D eigenvalue weighted by Crippen LogP contribution is -2.35. The average Bonchev–Trinajstić information content (AvgIpc) is 2.85. The number of aliphatic hydroxyl groups excluding tert-OH is 2. The van der Waals surface area contributed by atoms with Gasteiger partial charge in [-0.3, -0.25) is 4.79 Å². The lowest BCUT2D eigenvalue weighted by molar-refractivity contribution is 0.145. The molecule has 1 fully saturated rings. The first-order valence-corrected chi connectivity index (χ1v) is 11.7. The summed E-state index contributed by atoms with van der Waals surface area (Å²) in [5, 5.41) is 23.2. The van der Waals surface area contributed by atoms with Crippen molar-refractivity contribution in [1.82, 2.24) is 15.0 Å². The van der Waals surface area contributed by atoms with Crippen LogP contribution in [0.25, 0.3) is 22.2 Å². The molecular formula is C26H25F2N5O3. The molecule has 1 atom stereocenters. The van der Waals surface area contributed by atoms with Crippen molar-refractivity contribution in [3.8, 4) is 11.3 Å². The molecule has 5 rings (SSSR count). The van der Waals surface area contributed by atoms with Crippen LogP contribution >= 0.6 is 0 Å². The van der Waals surface area contributed by atoms with Crippen molar-refractivity contribution >= 4 is 28.1 Å². The minimum Gasteiger partial charge on any atom is -0.393 e. The van der Waals surface area contributed by atoms with E-state index in [1.807, 2.05) is 6.07 Å². The molecule has 0 amide bonds. The molecule has 4 heterocycles. The predicted molar refractivity (Wildman–Crippen MR) is 133 cm³/mol. The molecule has 0 bridgehead atoms. The van der Waals surface area contributed by atoms with Gasteiger partial charge >= 0.3 is 0 Å². The number of H-pyrrole nitrogens is 1. The lowest BCUT2D eigenvalue weighted by Gasteiger charge is -2.31. The highest BCUT2D eigenvalue weighted by Crippen LogP contribution is 2.33. The molecule has 186 valence electrons. The van der Waals surface area contributed by atoms with E-state index in [1.54, 1.807) is 12.3 Å². The monoisotopic (exact) mass is 493 g/mol. The number of nitrogens with zero attached hydrogens (tertiary/aromatic N) is 3. The fourth-order valence-corrected chi connectivity index (χ4v) is 4.46. The first-order valence-electron chi connectivity index (χ1n) is 11.7. The second-order valence-corrected chi connectivity index (χ2v) is 8.87. The van der Waals surface area contributed by atoms with E-state index in [9.17, 15) is 23.8 Å². The Balaban J connectivity index is 1.60. The molecule has 0 radical (unpaired) electrons. The van der Waals surface area contributed by atoms with Crippen molar-refractivity contribution in [2.45, 2.75) is 32.0 Å². The summed E-state index contributed by atoms with van der Waals surface area (Å²) in [4.78, 5) is 26.4. The molecule has 1 unspecified atom stereocenters. The number of pyridine rings is 3. The number of hydrogen-bond donors (Lipinski definition) is 4. The Morgan fingerprint density at radius 3 is 2.53 bits per heavy atom. The van der Waals surface area contributed by atoms with Crippen molar-refractivity contribution in [2.24, 2.45) is 0 Å². The molecule has 10 heteroatoms. The molecule has 0 saturated carbocycles. The van der Waals surface area contributed by atoms with Gasteiger partial charge in [-0.1, -0.05) is 6.07 Å². The third-order valence-electron chi connectivity index (χ3n) is 6.39. The standard InChI is InChI=1S/C26H25F2N5O3/c1-14(34)17-13-30-26(36)24-21(11-20(32-25(17)24)23-18(27)3-2-4-19(23)28)31-22-6-5-15(12-29-22)33-9-7-16(35)8-10-33/h2-6,11-14,16,34-35H,7-10H2,1H3,(H,30,36)(H,29,31,32). The molecular weight excluding hydrogens is 468 g/mol. The van der Waals surface area contributed by atoms with Crippen LogP contribution in [0.2, 0.25) is 0 Å². The Hall–Kier alpha value is -3.89. The molecule has 36 heavy (non-hydrogen) atoms. The fraction of sp³-hybridized carbons (Fsp3) is 0.269. The number of aromatic nitrogens is 3. The number of hydrogen-bond acceptors (Lipinski definition) is 7. The van der Waals surface area contributed by atoms with Crippen molar-refractivity contribution in [1.29, 1.82) is 0 Å². The van der Waals surface area contributed by atoms with Crippen LogP contribution in [-0.2, 0) is 0 Å². The SMILES string of the molecule is CC(O)c1c[nH]c(=O)c2c(Nc3ccc(N4CCC(O)CC4)cn3)cc(-c3c(F)cccc3F)nc12. The van der Waals surface area contributed by atoms with E-state index in [0.29, 0.717) is 24.2 Å². The average molecular weight is 494 g/mol. The van der Waals surface area contributed by atoms with Gasteiger partial charge in [0.25, 0.3) is 5.56 Å². The summed E-state index contributed by atoms with van der Waals surface area (Å²) < 4.78 is 29.3. The molecule has 0 aliphatic carbocycles. The van der Waals surface area contributed by atoms with E-state index in [0.717, 1.165) is 30.9 Å². The van der Waals surface area contributed by atoms with E-state index in [4.69, 9.17) is 0 Å². The van der Waals surface area contributed by atoms with Crippen molar-refractivity contribution in [3.63, 3.8) is 0 Å². The third-order valence-corrected chi connectivity index (χ3v) is 6.39. The Kier molecular flexibility index (Phi) is 6.38. The summed E-state index contributed by atoms with van der Waals surface area (Å²) in [5.41, 5.74) is 0.722. The van der Waals surface area contributed by atoms with E-state index < -0.39 is 23.3 Å². The van der Waals surface area contributed by atoms with Gasteiger partial charge in [0.05, 0.1) is 51.9 Å². The van der Waals surface area contributed by atoms with E-state index in [2.05, 4.69) is 25.2 Å². The molecule has 4 N–H and O–H groups in total. The number of piperidine rings is 1. The van der Waals surface area contributed by atoms with Gasteiger partial charge in [-0.25, -0.2) is 18.7 Å². The molecule has 8 nitrogen and oxygen atoms in total. The fourth-order valence-electron chi connectivity index (χ4n) is 4.46. The number of aromatic amines is 1. The zero-order chi connectivity index (χ0) is 25.4. The van der Waals surface area contributed by atoms with Crippen LogP contribution in [0.3, 0.4) is 0 Å².